The zero-order chi connectivity index (χ0) is 14.8. The molecule has 0 saturated carbocycles. The van der Waals surface area contributed by atoms with Crippen LogP contribution in [-0.4, -0.2) is 25.2 Å². The molecule has 2 rings (SSSR count). The first-order valence-electron chi connectivity index (χ1n) is 6.45. The Hall–Kier alpha value is -1.94. The maximum absolute atomic E-state index is 13.7. The van der Waals surface area contributed by atoms with Gasteiger partial charge in [0, 0.05) is 24.6 Å². The predicted octanol–water partition coefficient (Wildman–Crippen LogP) is 3.13. The van der Waals surface area contributed by atoms with E-state index in [2.05, 4.69) is 5.32 Å². The fraction of sp³-hybridized carbons (Fsp3) is 0.312. The maximum Gasteiger partial charge on any atom is 0.252 e. The second-order valence-electron chi connectivity index (χ2n) is 5.29. The van der Waals surface area contributed by atoms with Crippen LogP contribution in [0.15, 0.2) is 36.4 Å². The van der Waals surface area contributed by atoms with Crippen molar-refractivity contribution in [1.29, 1.82) is 0 Å². The highest BCUT2D eigenvalue weighted by Crippen LogP contribution is 2.21. The zero-order valence-electron chi connectivity index (χ0n) is 11.9. The van der Waals surface area contributed by atoms with Gasteiger partial charge in [-0.15, -0.1) is 0 Å². The first-order valence-corrected chi connectivity index (χ1v) is 6.45. The molecular formula is C16H18FNO2. The molecule has 2 aromatic carbocycles. The summed E-state index contributed by atoms with van der Waals surface area (Å²) in [4.78, 5) is 12.2. The third-order valence-corrected chi connectivity index (χ3v) is 3.34. The third-order valence-electron chi connectivity index (χ3n) is 3.34. The van der Waals surface area contributed by atoms with Crippen molar-refractivity contribution in [3.8, 4) is 0 Å². The number of hydrogen-bond donors (Lipinski definition) is 1. The topological polar surface area (TPSA) is 38.3 Å². The van der Waals surface area contributed by atoms with Crippen molar-refractivity contribution < 1.29 is 13.9 Å². The molecule has 0 saturated heterocycles. The Labute approximate surface area is 117 Å². The van der Waals surface area contributed by atoms with E-state index in [1.807, 2.05) is 13.8 Å². The van der Waals surface area contributed by atoms with Gasteiger partial charge in [-0.25, -0.2) is 4.39 Å². The molecule has 0 heterocycles. The average Bonchev–Trinajstić information content (AvgIpc) is 2.46. The molecule has 20 heavy (non-hydrogen) atoms. The van der Waals surface area contributed by atoms with E-state index < -0.39 is 5.60 Å². The Bertz CT molecular complexity index is 637. The first kappa shape index (κ1) is 14.5. The van der Waals surface area contributed by atoms with Crippen molar-refractivity contribution in [3.05, 3.63) is 47.8 Å². The predicted molar refractivity (Wildman–Crippen MR) is 77.3 cm³/mol. The van der Waals surface area contributed by atoms with Gasteiger partial charge in [0.15, 0.2) is 0 Å². The molecule has 0 aliphatic carbocycles. The highest BCUT2D eigenvalue weighted by atomic mass is 19.1. The summed E-state index contributed by atoms with van der Waals surface area (Å²) >= 11 is 0. The van der Waals surface area contributed by atoms with E-state index >= 15 is 0 Å². The molecule has 3 nitrogen and oxygen atoms in total. The number of amides is 1. The van der Waals surface area contributed by atoms with Crippen molar-refractivity contribution in [2.45, 2.75) is 19.4 Å². The van der Waals surface area contributed by atoms with E-state index in [9.17, 15) is 9.18 Å². The standard InChI is InChI=1S/C16H18FNO2/c1-16(2,20-3)10-18-15(19)13-8-9-14(17)12-7-5-4-6-11(12)13/h4-9H,10H2,1-3H3,(H,18,19). The van der Waals surface area contributed by atoms with E-state index in [4.69, 9.17) is 4.74 Å². The minimum atomic E-state index is -0.439. The fourth-order valence-corrected chi connectivity index (χ4v) is 1.92. The molecule has 0 atom stereocenters. The Morgan fingerprint density at radius 2 is 1.85 bits per heavy atom. The lowest BCUT2D eigenvalue weighted by molar-refractivity contribution is 0.0229. The molecule has 2 aromatic rings. The van der Waals surface area contributed by atoms with Gasteiger partial charge < -0.3 is 10.1 Å². The molecule has 1 N–H and O–H groups in total. The summed E-state index contributed by atoms with van der Waals surface area (Å²) in [5, 5.41) is 3.88. The van der Waals surface area contributed by atoms with Crippen LogP contribution in [0.5, 0.6) is 0 Å². The number of rotatable bonds is 4. The van der Waals surface area contributed by atoms with Crippen LogP contribution < -0.4 is 5.32 Å². The minimum absolute atomic E-state index is 0.230. The van der Waals surface area contributed by atoms with E-state index in [1.54, 1.807) is 31.4 Å². The Morgan fingerprint density at radius 1 is 1.20 bits per heavy atom. The largest absolute Gasteiger partial charge is 0.377 e. The number of nitrogens with one attached hydrogen (secondary N) is 1. The van der Waals surface area contributed by atoms with Crippen LogP contribution >= 0.6 is 0 Å². The molecule has 0 fully saturated rings. The lowest BCUT2D eigenvalue weighted by Gasteiger charge is -2.23. The van der Waals surface area contributed by atoms with E-state index in [-0.39, 0.29) is 11.7 Å². The van der Waals surface area contributed by atoms with Crippen LogP contribution in [-0.2, 0) is 4.74 Å². The molecule has 0 bridgehead atoms. The van der Waals surface area contributed by atoms with E-state index in [0.717, 1.165) is 0 Å². The van der Waals surface area contributed by atoms with Crippen LogP contribution in [0.2, 0.25) is 0 Å². The smallest absolute Gasteiger partial charge is 0.252 e. The summed E-state index contributed by atoms with van der Waals surface area (Å²) in [6.07, 6.45) is 0. The highest BCUT2D eigenvalue weighted by Gasteiger charge is 2.19. The fourth-order valence-electron chi connectivity index (χ4n) is 1.92. The Morgan fingerprint density at radius 3 is 2.50 bits per heavy atom. The number of ether oxygens (including phenoxy) is 1. The Balaban J connectivity index is 2.29. The van der Waals surface area contributed by atoms with Crippen LogP contribution in [0.3, 0.4) is 0 Å². The van der Waals surface area contributed by atoms with Gasteiger partial charge in [-0.3, -0.25) is 4.79 Å². The lowest BCUT2D eigenvalue weighted by Crippen LogP contribution is -2.39. The molecule has 0 spiro atoms. The lowest BCUT2D eigenvalue weighted by atomic mass is 10.0. The Kier molecular flexibility index (Phi) is 4.04. The van der Waals surface area contributed by atoms with Gasteiger partial charge in [-0.05, 0) is 31.4 Å². The number of fused-ring (bicyclic) bond motifs is 1. The second-order valence-corrected chi connectivity index (χ2v) is 5.29. The summed E-state index contributed by atoms with van der Waals surface area (Å²) in [5.74, 6) is -0.555. The number of methoxy groups -OCH3 is 1. The minimum Gasteiger partial charge on any atom is -0.377 e. The van der Waals surface area contributed by atoms with Crippen molar-refractivity contribution >= 4 is 16.7 Å². The normalized spacial score (nSPS) is 11.6. The SMILES string of the molecule is COC(C)(C)CNC(=O)c1ccc(F)c2ccccc12. The summed E-state index contributed by atoms with van der Waals surface area (Å²) in [6.45, 7) is 4.15. The number of carbonyl (C=O) groups excluding carboxylic acids is 1. The van der Waals surface area contributed by atoms with Crippen molar-refractivity contribution in [2.24, 2.45) is 0 Å². The third kappa shape index (κ3) is 2.96. The molecule has 0 aliphatic heterocycles. The molecule has 0 unspecified atom stereocenters. The number of hydrogen-bond acceptors (Lipinski definition) is 2. The quantitative estimate of drug-likeness (QED) is 0.931. The summed E-state index contributed by atoms with van der Waals surface area (Å²) in [6, 6.07) is 9.78. The van der Waals surface area contributed by atoms with Crippen molar-refractivity contribution in [1.82, 2.24) is 5.32 Å². The van der Waals surface area contributed by atoms with Crippen LogP contribution in [0.4, 0.5) is 4.39 Å². The number of halogens is 1. The molecular weight excluding hydrogens is 257 g/mol. The number of carbonyl (C=O) groups is 1. The molecule has 0 aliphatic rings. The summed E-state index contributed by atoms with van der Waals surface area (Å²) < 4.78 is 19.0. The van der Waals surface area contributed by atoms with Crippen LogP contribution in [0, 0.1) is 5.82 Å². The maximum atomic E-state index is 13.7. The number of benzene rings is 2. The zero-order valence-corrected chi connectivity index (χ0v) is 11.9. The van der Waals surface area contributed by atoms with Gasteiger partial charge in [0.25, 0.3) is 5.91 Å². The van der Waals surface area contributed by atoms with Crippen molar-refractivity contribution in [2.75, 3.05) is 13.7 Å². The summed E-state index contributed by atoms with van der Waals surface area (Å²) in [5.41, 5.74) is 0.0276. The molecule has 1 amide bonds. The van der Waals surface area contributed by atoms with Gasteiger partial charge in [-0.2, -0.15) is 0 Å². The molecule has 0 aromatic heterocycles. The summed E-state index contributed by atoms with van der Waals surface area (Å²) in [7, 11) is 1.60. The monoisotopic (exact) mass is 275 g/mol. The highest BCUT2D eigenvalue weighted by molar-refractivity contribution is 6.07. The second kappa shape index (κ2) is 5.59. The average molecular weight is 275 g/mol. The van der Waals surface area contributed by atoms with E-state index in [1.165, 1.54) is 12.1 Å². The van der Waals surface area contributed by atoms with Gasteiger partial charge in [0.1, 0.15) is 5.82 Å². The molecule has 4 heteroatoms. The van der Waals surface area contributed by atoms with E-state index in [0.29, 0.717) is 22.9 Å². The van der Waals surface area contributed by atoms with Gasteiger partial charge in [-0.1, -0.05) is 24.3 Å². The van der Waals surface area contributed by atoms with Crippen LogP contribution in [0.25, 0.3) is 10.8 Å². The van der Waals surface area contributed by atoms with Gasteiger partial charge >= 0.3 is 0 Å². The van der Waals surface area contributed by atoms with Crippen molar-refractivity contribution in [3.63, 3.8) is 0 Å². The first-order chi connectivity index (χ1) is 9.44. The van der Waals surface area contributed by atoms with Gasteiger partial charge in [0.05, 0.1) is 5.60 Å². The molecule has 106 valence electrons. The molecule has 0 radical (unpaired) electrons. The van der Waals surface area contributed by atoms with Gasteiger partial charge in [0.2, 0.25) is 0 Å². The van der Waals surface area contributed by atoms with Crippen LogP contribution in [0.1, 0.15) is 24.2 Å².